The van der Waals surface area contributed by atoms with Crippen molar-refractivity contribution in [1.29, 1.82) is 0 Å². The maximum atomic E-state index is 4.12. The highest BCUT2D eigenvalue weighted by Crippen LogP contribution is 2.48. The molecular weight excluding hydrogens is 677 g/mol. The van der Waals surface area contributed by atoms with Gasteiger partial charge in [0.2, 0.25) is 0 Å². The average molecular weight is 723 g/mol. The summed E-state index contributed by atoms with van der Waals surface area (Å²) in [7, 11) is 2.43. The van der Waals surface area contributed by atoms with Gasteiger partial charge in [0.15, 0.2) is 7.28 Å². The summed E-state index contributed by atoms with van der Waals surface area (Å²) in [6.07, 6.45) is 2.38. The summed E-state index contributed by atoms with van der Waals surface area (Å²) in [5, 5.41) is 9.20. The van der Waals surface area contributed by atoms with Crippen molar-refractivity contribution in [3.05, 3.63) is 156 Å². The number of fused-ring (bicyclic) bond motifs is 9. The standard InChI is InChI=1S/C52H45BN3/c1-31-25-39(49-48(26-31)56-46-22-13-10-17-34(46)36-19-14-20-42(53-49)50(36)56)37-29-47-38(35-18-11-12-21-45(35)55(47)33-15-8-7-9-16-33)28-44(37)54-43-30-41-40(27-32(43)2)51(3,4)23-24-52(41,5)6/h7-22,25-30,54H,23-24H2,1-6H3. The summed E-state index contributed by atoms with van der Waals surface area (Å²) in [4.78, 5) is 0. The van der Waals surface area contributed by atoms with Gasteiger partial charge in [-0.1, -0.05) is 118 Å². The first kappa shape index (κ1) is 33.4. The Morgan fingerprint density at radius 1 is 0.536 bits per heavy atom. The van der Waals surface area contributed by atoms with Crippen molar-refractivity contribution in [3.8, 4) is 22.5 Å². The molecule has 1 aliphatic carbocycles. The molecule has 0 bridgehead atoms. The van der Waals surface area contributed by atoms with Crippen molar-refractivity contribution in [3.63, 3.8) is 0 Å². The van der Waals surface area contributed by atoms with Gasteiger partial charge >= 0.3 is 0 Å². The lowest BCUT2D eigenvalue weighted by molar-refractivity contribution is 0.332. The molecule has 2 aromatic heterocycles. The van der Waals surface area contributed by atoms with E-state index in [0.717, 1.165) is 11.4 Å². The minimum Gasteiger partial charge on any atom is -0.355 e. The van der Waals surface area contributed by atoms with Gasteiger partial charge in [0.05, 0.1) is 16.6 Å². The first-order chi connectivity index (χ1) is 27.1. The lowest BCUT2D eigenvalue weighted by Gasteiger charge is -2.42. The second kappa shape index (κ2) is 11.8. The van der Waals surface area contributed by atoms with Crippen molar-refractivity contribution in [2.75, 3.05) is 5.32 Å². The molecule has 56 heavy (non-hydrogen) atoms. The normalized spacial score (nSPS) is 15.2. The molecule has 0 amide bonds. The summed E-state index contributed by atoms with van der Waals surface area (Å²) >= 11 is 0. The number of hydrogen-bond donors (Lipinski definition) is 1. The average Bonchev–Trinajstić information content (AvgIpc) is 3.71. The van der Waals surface area contributed by atoms with Crippen molar-refractivity contribution >= 4 is 73.2 Å². The van der Waals surface area contributed by atoms with Crippen LogP contribution in [0.15, 0.2) is 133 Å². The van der Waals surface area contributed by atoms with E-state index in [-0.39, 0.29) is 10.8 Å². The van der Waals surface area contributed by atoms with Crippen molar-refractivity contribution in [2.45, 2.75) is 65.2 Å². The third-order valence-corrected chi connectivity index (χ3v) is 13.2. The van der Waals surface area contributed by atoms with E-state index in [2.05, 4.69) is 197 Å². The highest BCUT2D eigenvalue weighted by molar-refractivity contribution is 6.73. The van der Waals surface area contributed by atoms with Gasteiger partial charge in [-0.05, 0) is 119 Å². The Kier molecular flexibility index (Phi) is 7.00. The molecule has 1 aliphatic heterocycles. The zero-order valence-electron chi connectivity index (χ0n) is 33.1. The Balaban J connectivity index is 1.22. The van der Waals surface area contributed by atoms with E-state index in [0.29, 0.717) is 0 Å². The van der Waals surface area contributed by atoms with E-state index in [1.54, 1.807) is 0 Å². The number of para-hydroxylation sites is 4. The lowest BCUT2D eigenvalue weighted by Crippen LogP contribution is -2.37. The van der Waals surface area contributed by atoms with Crippen LogP contribution < -0.4 is 16.2 Å². The topological polar surface area (TPSA) is 21.9 Å². The molecular formula is C52H45BN3. The molecule has 1 radical (unpaired) electrons. The number of anilines is 2. The van der Waals surface area contributed by atoms with E-state index in [1.165, 1.54) is 112 Å². The van der Waals surface area contributed by atoms with E-state index in [9.17, 15) is 0 Å². The molecule has 0 saturated carbocycles. The second-order valence-electron chi connectivity index (χ2n) is 17.7. The largest absolute Gasteiger partial charge is 0.355 e. The maximum absolute atomic E-state index is 4.12. The summed E-state index contributed by atoms with van der Waals surface area (Å²) < 4.78 is 4.95. The number of hydrogen-bond acceptors (Lipinski definition) is 1. The van der Waals surface area contributed by atoms with Gasteiger partial charge < -0.3 is 14.5 Å². The molecule has 3 nitrogen and oxygen atoms in total. The van der Waals surface area contributed by atoms with E-state index >= 15 is 0 Å². The minimum atomic E-state index is 0.105. The molecule has 11 rings (SSSR count). The Morgan fingerprint density at radius 3 is 1.93 bits per heavy atom. The summed E-state index contributed by atoms with van der Waals surface area (Å²) in [5.41, 5.74) is 20.3. The molecule has 9 aromatic rings. The van der Waals surface area contributed by atoms with Gasteiger partial charge in [-0.2, -0.15) is 0 Å². The SMILES string of the molecule is Cc1cc(-c2cc3c(cc2Nc2cc4c(cc2C)C(C)(C)CCC4(C)C)c2ccccc2n3-c2ccccc2)c2c(c1)-n1c3ccccc3c3cccc(c31)[B]2. The smallest absolute Gasteiger partial charge is 0.197 e. The Bertz CT molecular complexity index is 3100. The second-order valence-corrected chi connectivity index (χ2v) is 17.7. The number of benzene rings is 7. The molecule has 0 atom stereocenters. The predicted octanol–water partition coefficient (Wildman–Crippen LogP) is 12.2. The van der Waals surface area contributed by atoms with E-state index < -0.39 is 0 Å². The van der Waals surface area contributed by atoms with Crippen molar-refractivity contribution in [2.24, 2.45) is 0 Å². The molecule has 271 valence electrons. The summed E-state index contributed by atoms with van der Waals surface area (Å²) in [6.45, 7) is 14.2. The molecule has 0 spiro atoms. The van der Waals surface area contributed by atoms with Crippen LogP contribution in [0.5, 0.6) is 0 Å². The fourth-order valence-corrected chi connectivity index (χ4v) is 10.1. The summed E-state index contributed by atoms with van der Waals surface area (Å²) in [6, 6.07) is 49.9. The van der Waals surface area contributed by atoms with Crippen LogP contribution >= 0.6 is 0 Å². The molecule has 3 heterocycles. The van der Waals surface area contributed by atoms with Gasteiger partial charge in [0.1, 0.15) is 0 Å². The number of aromatic nitrogens is 2. The van der Waals surface area contributed by atoms with Gasteiger partial charge in [-0.15, -0.1) is 0 Å². The molecule has 1 N–H and O–H groups in total. The summed E-state index contributed by atoms with van der Waals surface area (Å²) in [5.74, 6) is 0. The van der Waals surface area contributed by atoms with Crippen molar-refractivity contribution in [1.82, 2.24) is 9.13 Å². The maximum Gasteiger partial charge on any atom is 0.197 e. The Morgan fingerprint density at radius 2 is 1.18 bits per heavy atom. The van der Waals surface area contributed by atoms with E-state index in [4.69, 9.17) is 0 Å². The van der Waals surface area contributed by atoms with E-state index in [1.807, 2.05) is 0 Å². The number of nitrogens with zero attached hydrogens (tertiary/aromatic N) is 2. The molecule has 4 heteroatoms. The Hall–Kier alpha value is -6.00. The van der Waals surface area contributed by atoms with Crippen LogP contribution in [0.2, 0.25) is 0 Å². The van der Waals surface area contributed by atoms with Crippen LogP contribution in [-0.2, 0) is 10.8 Å². The first-order valence-corrected chi connectivity index (χ1v) is 20.1. The van der Waals surface area contributed by atoms with Gasteiger partial charge in [-0.3, -0.25) is 0 Å². The zero-order valence-corrected chi connectivity index (χ0v) is 33.1. The zero-order chi connectivity index (χ0) is 38.1. The third-order valence-electron chi connectivity index (χ3n) is 13.2. The Labute approximate surface area is 329 Å². The molecule has 0 unspecified atom stereocenters. The van der Waals surface area contributed by atoms with Gasteiger partial charge in [0.25, 0.3) is 0 Å². The highest BCUT2D eigenvalue weighted by Gasteiger charge is 2.37. The lowest BCUT2D eigenvalue weighted by atomic mass is 9.59. The van der Waals surface area contributed by atoms with Crippen molar-refractivity contribution < 1.29 is 0 Å². The highest BCUT2D eigenvalue weighted by atomic mass is 15.0. The monoisotopic (exact) mass is 722 g/mol. The third kappa shape index (κ3) is 4.78. The molecule has 7 aromatic carbocycles. The number of aryl methyl sites for hydroxylation is 2. The van der Waals surface area contributed by atoms with Crippen LogP contribution in [0.3, 0.4) is 0 Å². The number of nitrogens with one attached hydrogen (secondary N) is 1. The number of rotatable bonds is 4. The minimum absolute atomic E-state index is 0.105. The first-order valence-electron chi connectivity index (χ1n) is 20.1. The fourth-order valence-electron chi connectivity index (χ4n) is 10.1. The van der Waals surface area contributed by atoms with Gasteiger partial charge in [-0.25, -0.2) is 0 Å². The van der Waals surface area contributed by atoms with Crippen LogP contribution in [0.1, 0.15) is 62.8 Å². The van der Waals surface area contributed by atoms with Gasteiger partial charge in [0, 0.05) is 55.4 Å². The van der Waals surface area contributed by atoms with Crippen LogP contribution in [-0.4, -0.2) is 16.4 Å². The molecule has 0 fully saturated rings. The van der Waals surface area contributed by atoms with Crippen LogP contribution in [0.4, 0.5) is 11.4 Å². The van der Waals surface area contributed by atoms with Crippen LogP contribution in [0, 0.1) is 13.8 Å². The predicted molar refractivity (Wildman–Crippen MR) is 240 cm³/mol. The quantitative estimate of drug-likeness (QED) is 0.180. The fraction of sp³-hybridized carbons (Fsp3) is 0.192. The van der Waals surface area contributed by atoms with Crippen LogP contribution in [0.25, 0.3) is 66.1 Å². The molecule has 0 saturated heterocycles. The molecule has 2 aliphatic rings.